The molecule has 0 spiro atoms. The maximum Gasteiger partial charge on any atom is 0.143 e. The van der Waals surface area contributed by atoms with Crippen molar-refractivity contribution in [2.45, 2.75) is 0 Å². The van der Waals surface area contributed by atoms with Crippen LogP contribution in [0.25, 0.3) is 115 Å². The van der Waals surface area contributed by atoms with E-state index >= 15 is 0 Å². The third-order valence-electron chi connectivity index (χ3n) is 14.4. The molecule has 0 amide bonds. The molecule has 12 aromatic carbocycles. The molecule has 0 fully saturated rings. The summed E-state index contributed by atoms with van der Waals surface area (Å²) < 4.78 is 9.29. The zero-order chi connectivity index (χ0) is 46.8. The zero-order valence-corrected chi connectivity index (χ0v) is 38.7. The predicted octanol–water partition coefficient (Wildman–Crippen LogP) is 19.1. The lowest BCUT2D eigenvalue weighted by Gasteiger charge is -2.29. The molecule has 0 radical (unpaired) electrons. The van der Waals surface area contributed by atoms with E-state index in [2.05, 4.69) is 276 Å². The monoisotopic (exact) mass is 904 g/mol. The average Bonchev–Trinajstić information content (AvgIpc) is 4.00. The van der Waals surface area contributed by atoms with Crippen molar-refractivity contribution in [1.82, 2.24) is 4.57 Å². The lowest BCUT2D eigenvalue weighted by Crippen LogP contribution is -2.11. The number of benzene rings is 12. The van der Waals surface area contributed by atoms with Crippen molar-refractivity contribution >= 4 is 82.4 Å². The summed E-state index contributed by atoms with van der Waals surface area (Å²) in [5.74, 6) is 0. The predicted molar refractivity (Wildman–Crippen MR) is 299 cm³/mol. The molecule has 0 atom stereocenters. The standard InChI is InChI=1S/C68H44N2O/c1-2-16-47(17-3-1)63-44-51(56-29-14-20-46-18-4-6-25-55(46)56)37-41-66(63)69(53-23-13-22-50(43-53)58-30-15-31-61-62-40-36-48-19-5-7-26-57(48)67(62)71-68(58)61)52-38-34-45(35-39-52)49-21-12-24-54(42-49)70-64-32-10-8-27-59(64)60-28-9-11-33-65(60)70/h1-44H. The first kappa shape index (κ1) is 40.6. The van der Waals surface area contributed by atoms with Crippen LogP contribution in [-0.2, 0) is 0 Å². The molecule has 2 aromatic heterocycles. The highest BCUT2D eigenvalue weighted by molar-refractivity contribution is 6.17. The van der Waals surface area contributed by atoms with E-state index in [4.69, 9.17) is 4.42 Å². The highest BCUT2D eigenvalue weighted by Gasteiger charge is 2.22. The van der Waals surface area contributed by atoms with Crippen LogP contribution >= 0.6 is 0 Å². The summed E-state index contributed by atoms with van der Waals surface area (Å²) in [4.78, 5) is 2.42. The molecule has 71 heavy (non-hydrogen) atoms. The molecular formula is C68H44N2O. The van der Waals surface area contributed by atoms with Gasteiger partial charge in [0, 0.05) is 55.1 Å². The Morgan fingerprint density at radius 3 is 1.65 bits per heavy atom. The van der Waals surface area contributed by atoms with Crippen molar-refractivity contribution in [2.24, 2.45) is 0 Å². The largest absolute Gasteiger partial charge is 0.455 e. The summed E-state index contributed by atoms with van der Waals surface area (Å²) >= 11 is 0. The van der Waals surface area contributed by atoms with Crippen LogP contribution in [0.2, 0.25) is 0 Å². The Morgan fingerprint density at radius 2 is 0.845 bits per heavy atom. The highest BCUT2D eigenvalue weighted by Crippen LogP contribution is 2.46. The molecule has 2 heterocycles. The fourth-order valence-corrected chi connectivity index (χ4v) is 11.0. The van der Waals surface area contributed by atoms with Gasteiger partial charge >= 0.3 is 0 Å². The summed E-state index contributed by atoms with van der Waals surface area (Å²) in [7, 11) is 0. The average molecular weight is 905 g/mol. The van der Waals surface area contributed by atoms with Crippen molar-refractivity contribution in [1.29, 1.82) is 0 Å². The summed E-state index contributed by atoms with van der Waals surface area (Å²) in [6, 6.07) is 96.7. The molecule has 0 aliphatic carbocycles. The smallest absolute Gasteiger partial charge is 0.143 e. The lowest BCUT2D eigenvalue weighted by molar-refractivity contribution is 0.674. The maximum atomic E-state index is 6.90. The van der Waals surface area contributed by atoms with Crippen LogP contribution < -0.4 is 4.90 Å². The molecule has 0 aliphatic rings. The number of rotatable bonds is 8. The Morgan fingerprint density at radius 1 is 0.282 bits per heavy atom. The number of nitrogens with zero attached hydrogens (tertiary/aromatic N) is 2. The topological polar surface area (TPSA) is 21.3 Å². The molecule has 332 valence electrons. The molecule has 0 unspecified atom stereocenters. The molecular weight excluding hydrogens is 861 g/mol. The van der Waals surface area contributed by atoms with Crippen LogP contribution in [0.15, 0.2) is 271 Å². The number of fused-ring (bicyclic) bond motifs is 9. The van der Waals surface area contributed by atoms with E-state index in [-0.39, 0.29) is 0 Å². The SMILES string of the molecule is c1ccc(-c2cc(-c3cccc4ccccc34)ccc2N(c2ccc(-c3cccc(-n4c5ccccc5c5ccccc54)c3)cc2)c2cccc(-c3cccc4c3oc3c5ccccc5ccc43)c2)cc1. The first-order chi connectivity index (χ1) is 35.2. The summed E-state index contributed by atoms with van der Waals surface area (Å²) in [5.41, 5.74) is 17.6. The first-order valence-electron chi connectivity index (χ1n) is 24.3. The van der Waals surface area contributed by atoms with Crippen molar-refractivity contribution in [3.63, 3.8) is 0 Å². The van der Waals surface area contributed by atoms with Gasteiger partial charge in [0.05, 0.1) is 16.7 Å². The Bertz CT molecular complexity index is 4290. The van der Waals surface area contributed by atoms with E-state index in [9.17, 15) is 0 Å². The van der Waals surface area contributed by atoms with E-state index in [0.717, 1.165) is 83.5 Å². The number of aromatic nitrogens is 1. The number of hydrogen-bond donors (Lipinski definition) is 0. The van der Waals surface area contributed by atoms with Gasteiger partial charge in [-0.3, -0.25) is 0 Å². The van der Waals surface area contributed by atoms with E-state index in [1.165, 1.54) is 49.1 Å². The summed E-state index contributed by atoms with van der Waals surface area (Å²) in [5, 5.41) is 9.49. The van der Waals surface area contributed by atoms with Crippen LogP contribution in [0.4, 0.5) is 17.1 Å². The second-order valence-corrected chi connectivity index (χ2v) is 18.4. The maximum absolute atomic E-state index is 6.90. The van der Waals surface area contributed by atoms with Crippen LogP contribution in [0.5, 0.6) is 0 Å². The van der Waals surface area contributed by atoms with Crippen LogP contribution in [0, 0.1) is 0 Å². The van der Waals surface area contributed by atoms with Gasteiger partial charge in [0.1, 0.15) is 11.2 Å². The normalized spacial score (nSPS) is 11.7. The molecule has 3 heteroatoms. The minimum absolute atomic E-state index is 0.888. The fourth-order valence-electron chi connectivity index (χ4n) is 11.0. The first-order valence-corrected chi connectivity index (χ1v) is 24.3. The molecule has 0 saturated heterocycles. The fraction of sp³-hybridized carbons (Fsp3) is 0. The van der Waals surface area contributed by atoms with Gasteiger partial charge in [-0.05, 0) is 116 Å². The van der Waals surface area contributed by atoms with Gasteiger partial charge in [-0.2, -0.15) is 0 Å². The molecule has 0 N–H and O–H groups in total. The van der Waals surface area contributed by atoms with Crippen molar-refractivity contribution in [2.75, 3.05) is 4.90 Å². The van der Waals surface area contributed by atoms with E-state index in [1.807, 2.05) is 0 Å². The van der Waals surface area contributed by atoms with Gasteiger partial charge in [0.15, 0.2) is 0 Å². The number of hydrogen-bond acceptors (Lipinski definition) is 2. The Balaban J connectivity index is 0.937. The zero-order valence-electron chi connectivity index (χ0n) is 38.7. The number of anilines is 3. The molecule has 3 nitrogen and oxygen atoms in total. The van der Waals surface area contributed by atoms with Crippen LogP contribution in [0.3, 0.4) is 0 Å². The van der Waals surface area contributed by atoms with Crippen molar-refractivity contribution < 1.29 is 4.42 Å². The minimum atomic E-state index is 0.888. The van der Waals surface area contributed by atoms with Crippen LogP contribution in [-0.4, -0.2) is 4.57 Å². The second-order valence-electron chi connectivity index (χ2n) is 18.4. The number of furan rings is 1. The number of para-hydroxylation sites is 3. The molecule has 0 saturated carbocycles. The van der Waals surface area contributed by atoms with Gasteiger partial charge < -0.3 is 13.9 Å². The third kappa shape index (κ3) is 6.82. The Kier molecular flexibility index (Phi) is 9.53. The van der Waals surface area contributed by atoms with Gasteiger partial charge in [-0.1, -0.05) is 200 Å². The van der Waals surface area contributed by atoms with E-state index in [0.29, 0.717) is 0 Å². The Hall–Kier alpha value is -9.44. The van der Waals surface area contributed by atoms with Gasteiger partial charge in [0.2, 0.25) is 0 Å². The van der Waals surface area contributed by atoms with E-state index < -0.39 is 0 Å². The highest BCUT2D eigenvalue weighted by atomic mass is 16.3. The quantitative estimate of drug-likeness (QED) is 0.151. The second kappa shape index (κ2) is 16.7. The Labute approximate surface area is 411 Å². The van der Waals surface area contributed by atoms with Crippen LogP contribution in [0.1, 0.15) is 0 Å². The van der Waals surface area contributed by atoms with Crippen molar-refractivity contribution in [3.8, 4) is 50.2 Å². The molecule has 14 aromatic rings. The van der Waals surface area contributed by atoms with Crippen molar-refractivity contribution in [3.05, 3.63) is 267 Å². The van der Waals surface area contributed by atoms with Gasteiger partial charge in [0.25, 0.3) is 0 Å². The minimum Gasteiger partial charge on any atom is -0.455 e. The summed E-state index contributed by atoms with van der Waals surface area (Å²) in [6.07, 6.45) is 0. The van der Waals surface area contributed by atoms with E-state index in [1.54, 1.807) is 0 Å². The summed E-state index contributed by atoms with van der Waals surface area (Å²) in [6.45, 7) is 0. The van der Waals surface area contributed by atoms with Gasteiger partial charge in [-0.25, -0.2) is 0 Å². The molecule has 14 rings (SSSR count). The molecule has 0 bridgehead atoms. The lowest BCUT2D eigenvalue weighted by atomic mass is 9.93. The van der Waals surface area contributed by atoms with Gasteiger partial charge in [-0.15, -0.1) is 0 Å². The molecule has 0 aliphatic heterocycles. The third-order valence-corrected chi connectivity index (χ3v) is 14.4.